The largest absolute Gasteiger partial charge is 0.350 e. The number of aromatic nitrogens is 4. The van der Waals surface area contributed by atoms with Gasteiger partial charge in [-0.25, -0.2) is 0 Å². The molecule has 0 radical (unpaired) electrons. The van der Waals surface area contributed by atoms with Gasteiger partial charge in [0, 0.05) is 122 Å². The minimum Gasteiger partial charge on any atom is -0.350 e. The monoisotopic (exact) mass is 734 g/mol. The van der Waals surface area contributed by atoms with Gasteiger partial charge in [-0.2, -0.15) is 0 Å². The summed E-state index contributed by atoms with van der Waals surface area (Å²) in [5.41, 5.74) is 9.16. The molecule has 12 heteroatoms. The van der Waals surface area contributed by atoms with E-state index in [-0.39, 0.29) is 11.8 Å². The summed E-state index contributed by atoms with van der Waals surface area (Å²) >= 11 is 14.3. The van der Waals surface area contributed by atoms with Gasteiger partial charge in [0.15, 0.2) is 0 Å². The summed E-state index contributed by atoms with van der Waals surface area (Å²) in [5.74, 6) is 0.429. The molecule has 10 nitrogen and oxygen atoms in total. The molecular weight excluding hydrogens is 695 g/mol. The fourth-order valence-corrected chi connectivity index (χ4v) is 8.26. The normalized spacial score (nSPS) is 14.9. The van der Waals surface area contributed by atoms with Crippen LogP contribution in [0.4, 0.5) is 0 Å². The van der Waals surface area contributed by atoms with Gasteiger partial charge in [0.05, 0.1) is 34.8 Å². The van der Waals surface area contributed by atoms with Crippen LogP contribution in [0, 0.1) is 0 Å². The van der Waals surface area contributed by atoms with Crippen LogP contribution >= 0.6 is 23.2 Å². The maximum atomic E-state index is 12.0. The highest BCUT2D eigenvalue weighted by Crippen LogP contribution is 2.42. The number of nitrogens with zero attached hydrogens (tertiary/aromatic N) is 6. The first-order chi connectivity index (χ1) is 25.3. The third-order valence-electron chi connectivity index (χ3n) is 10.3. The fraction of sp³-hybridized carbons (Fsp3) is 0.300. The predicted octanol–water partition coefficient (Wildman–Crippen LogP) is 7.11. The zero-order chi connectivity index (χ0) is 35.9. The number of nitrogens with one attached hydrogen (secondary N) is 2. The quantitative estimate of drug-likeness (QED) is 0.147. The summed E-state index contributed by atoms with van der Waals surface area (Å²) in [4.78, 5) is 37.2. The summed E-state index contributed by atoms with van der Waals surface area (Å²) in [6.45, 7) is 4.07. The first kappa shape index (κ1) is 34.4. The molecule has 0 aliphatic carbocycles. The molecule has 0 atom stereocenters. The Morgan fingerprint density at radius 2 is 1.10 bits per heavy atom. The molecule has 266 valence electrons. The molecule has 2 aromatic carbocycles. The van der Waals surface area contributed by atoms with E-state index in [1.807, 2.05) is 36.0 Å². The van der Waals surface area contributed by atoms with Gasteiger partial charge >= 0.3 is 0 Å². The number of carbonyl (C=O) groups is 2. The van der Waals surface area contributed by atoms with Crippen LogP contribution in [0.1, 0.15) is 36.8 Å². The highest BCUT2D eigenvalue weighted by Gasteiger charge is 2.22. The Labute approximate surface area is 312 Å². The first-order valence-corrected chi connectivity index (χ1v) is 18.5. The van der Waals surface area contributed by atoms with Gasteiger partial charge in [-0.15, -0.1) is 0 Å². The predicted molar refractivity (Wildman–Crippen MR) is 207 cm³/mol. The number of aryl methyl sites for hydroxylation is 2. The Kier molecular flexibility index (Phi) is 9.48. The first-order valence-electron chi connectivity index (χ1n) is 17.7. The second-order valence-corrected chi connectivity index (χ2v) is 14.5. The van der Waals surface area contributed by atoms with Crippen LogP contribution in [0.25, 0.3) is 55.4 Å². The van der Waals surface area contributed by atoms with Gasteiger partial charge in [0.25, 0.3) is 0 Å². The highest BCUT2D eigenvalue weighted by atomic mass is 35.5. The van der Waals surface area contributed by atoms with Gasteiger partial charge in [-0.1, -0.05) is 47.5 Å². The second-order valence-electron chi connectivity index (χ2n) is 13.7. The molecule has 2 aliphatic heterocycles. The molecule has 6 aromatic rings. The van der Waals surface area contributed by atoms with Crippen molar-refractivity contribution in [2.45, 2.75) is 38.8 Å². The van der Waals surface area contributed by atoms with E-state index in [2.05, 4.69) is 68.6 Å². The zero-order valence-electron chi connectivity index (χ0n) is 29.3. The van der Waals surface area contributed by atoms with Crippen molar-refractivity contribution in [1.29, 1.82) is 0 Å². The number of fused-ring (bicyclic) bond motifs is 2. The van der Waals surface area contributed by atoms with Crippen LogP contribution in [-0.4, -0.2) is 67.1 Å². The van der Waals surface area contributed by atoms with Gasteiger partial charge in [-0.05, 0) is 48.2 Å². The molecule has 0 saturated carbocycles. The van der Waals surface area contributed by atoms with Crippen LogP contribution < -0.4 is 10.6 Å². The van der Waals surface area contributed by atoms with Crippen LogP contribution in [0.3, 0.4) is 0 Å². The Morgan fingerprint density at radius 1 is 0.654 bits per heavy atom. The lowest BCUT2D eigenvalue weighted by atomic mass is 10.0. The fourth-order valence-electron chi connectivity index (χ4n) is 7.61. The van der Waals surface area contributed by atoms with Crippen LogP contribution in [0.15, 0.2) is 73.3 Å². The summed E-state index contributed by atoms with van der Waals surface area (Å²) in [5, 5.41) is 10.2. The molecule has 2 amide bonds. The molecule has 4 aromatic heterocycles. The summed E-state index contributed by atoms with van der Waals surface area (Å²) in [7, 11) is 4.07. The van der Waals surface area contributed by atoms with Crippen molar-refractivity contribution in [2.75, 3.05) is 26.4 Å². The van der Waals surface area contributed by atoms with E-state index in [4.69, 9.17) is 33.2 Å². The number of carbonyl (C=O) groups excluding carboxylic acids is 2. The van der Waals surface area contributed by atoms with Crippen molar-refractivity contribution in [3.05, 3.63) is 94.5 Å². The van der Waals surface area contributed by atoms with E-state index >= 15 is 0 Å². The van der Waals surface area contributed by atoms with E-state index in [1.54, 1.807) is 12.4 Å². The van der Waals surface area contributed by atoms with Crippen molar-refractivity contribution in [2.24, 2.45) is 14.1 Å². The van der Waals surface area contributed by atoms with Crippen LogP contribution in [0.5, 0.6) is 0 Å². The summed E-state index contributed by atoms with van der Waals surface area (Å²) in [6, 6.07) is 16.3. The second kappa shape index (κ2) is 14.4. The average Bonchev–Trinajstić information content (AvgIpc) is 3.91. The maximum absolute atomic E-state index is 12.0. The SMILES string of the molecule is Cn1cc(CNCN2CCCC2=O)c2ccc(-c3nccc(-c4ccnc(-c5ccc6c(CNCN7CCCC7=O)cn(C)c6c5)c4Cl)c3Cl)cc21. The molecule has 2 aliphatic rings. The Hall–Kier alpha value is -4.74. The van der Waals surface area contributed by atoms with Crippen molar-refractivity contribution < 1.29 is 9.59 Å². The molecule has 8 rings (SSSR count). The molecule has 0 bridgehead atoms. The Morgan fingerprint density at radius 3 is 1.50 bits per heavy atom. The number of hydrogen-bond donors (Lipinski definition) is 2. The number of halogens is 2. The molecule has 0 spiro atoms. The van der Waals surface area contributed by atoms with E-state index in [1.165, 1.54) is 0 Å². The number of rotatable bonds is 11. The van der Waals surface area contributed by atoms with E-state index in [0.717, 1.165) is 81.1 Å². The van der Waals surface area contributed by atoms with Gasteiger partial charge in [-0.3, -0.25) is 30.2 Å². The number of benzene rings is 2. The smallest absolute Gasteiger partial charge is 0.223 e. The third-order valence-corrected chi connectivity index (χ3v) is 11.1. The van der Waals surface area contributed by atoms with E-state index < -0.39 is 0 Å². The van der Waals surface area contributed by atoms with E-state index in [0.29, 0.717) is 60.7 Å². The molecule has 2 saturated heterocycles. The van der Waals surface area contributed by atoms with Gasteiger partial charge < -0.3 is 18.9 Å². The zero-order valence-corrected chi connectivity index (χ0v) is 30.8. The third kappa shape index (κ3) is 6.45. The van der Waals surface area contributed by atoms with Gasteiger partial charge in [0.2, 0.25) is 11.8 Å². The highest BCUT2D eigenvalue weighted by molar-refractivity contribution is 6.39. The number of hydrogen-bond acceptors (Lipinski definition) is 6. The summed E-state index contributed by atoms with van der Waals surface area (Å²) < 4.78 is 4.22. The Bertz CT molecular complexity index is 2180. The Balaban J connectivity index is 1.04. The maximum Gasteiger partial charge on any atom is 0.223 e. The van der Waals surface area contributed by atoms with E-state index in [9.17, 15) is 9.59 Å². The van der Waals surface area contributed by atoms with Crippen molar-refractivity contribution in [3.8, 4) is 33.6 Å². The minimum atomic E-state index is 0.214. The number of amides is 2. The number of likely N-dealkylation sites (tertiary alicyclic amines) is 2. The molecule has 2 N–H and O–H groups in total. The molecule has 2 fully saturated rings. The average molecular weight is 736 g/mol. The lowest BCUT2D eigenvalue weighted by Gasteiger charge is -2.16. The van der Waals surface area contributed by atoms with Crippen molar-refractivity contribution in [1.82, 2.24) is 39.5 Å². The molecule has 6 heterocycles. The molecule has 52 heavy (non-hydrogen) atoms. The minimum absolute atomic E-state index is 0.214. The van der Waals surface area contributed by atoms with Crippen molar-refractivity contribution in [3.63, 3.8) is 0 Å². The molecule has 0 unspecified atom stereocenters. The molecular formula is C40H40Cl2N8O2. The topological polar surface area (TPSA) is 100 Å². The summed E-state index contributed by atoms with van der Waals surface area (Å²) in [6.07, 6.45) is 10.9. The lowest BCUT2D eigenvalue weighted by Crippen LogP contribution is -2.34. The van der Waals surface area contributed by atoms with Gasteiger partial charge in [0.1, 0.15) is 0 Å². The number of pyridine rings is 2. The standard InChI is InChI=1S/C40H40Cl2N8O2/c1-47-21-27(19-43-23-49-15-3-5-35(49)51)29-9-7-25(17-33(29)47)39-37(41)31(11-13-45-39)32-12-14-46-40(38(32)42)26-8-10-30-28(22-48(2)34(30)18-26)20-44-24-50-16-4-6-36(50)52/h7-14,17-18,21-22,43-44H,3-6,15-16,19-20,23-24H2,1-2H3. The van der Waals surface area contributed by atoms with Crippen LogP contribution in [0.2, 0.25) is 10.0 Å². The van der Waals surface area contributed by atoms with Crippen LogP contribution in [-0.2, 0) is 36.8 Å². The van der Waals surface area contributed by atoms with Crippen molar-refractivity contribution >= 4 is 56.8 Å². The lowest BCUT2D eigenvalue weighted by molar-refractivity contribution is -0.128.